The highest BCUT2D eigenvalue weighted by atomic mass is 16.5. The molecule has 2 bridgehead atoms. The highest BCUT2D eigenvalue weighted by Crippen LogP contribution is 2.21. The number of nitrogens with one attached hydrogen (secondary N) is 1. The third-order valence-electron chi connectivity index (χ3n) is 4.21. The lowest BCUT2D eigenvalue weighted by atomic mass is 9.97. The highest BCUT2D eigenvalue weighted by molar-refractivity contribution is 5.71. The lowest BCUT2D eigenvalue weighted by Crippen LogP contribution is -2.40. The first-order valence-electron chi connectivity index (χ1n) is 7.45. The Labute approximate surface area is 120 Å². The van der Waals surface area contributed by atoms with E-state index in [1.807, 2.05) is 30.3 Å². The van der Waals surface area contributed by atoms with Crippen LogP contribution >= 0.6 is 0 Å². The first kappa shape index (κ1) is 13.6. The normalized spacial score (nSPS) is 26.2. The van der Waals surface area contributed by atoms with Gasteiger partial charge in [-0.1, -0.05) is 30.3 Å². The minimum Gasteiger partial charge on any atom is -0.460 e. The second kappa shape index (κ2) is 6.37. The molecule has 1 aromatic rings. The quantitative estimate of drug-likeness (QED) is 0.843. The van der Waals surface area contributed by atoms with E-state index in [4.69, 9.17) is 4.74 Å². The fraction of sp³-hybridized carbons (Fsp3) is 0.562. The van der Waals surface area contributed by atoms with E-state index in [-0.39, 0.29) is 5.97 Å². The molecule has 0 unspecified atom stereocenters. The number of fused-ring (bicyclic) bond motifs is 4. The summed E-state index contributed by atoms with van der Waals surface area (Å²) in [5.41, 5.74) is 1.04. The smallest absolute Gasteiger partial charge is 0.320 e. The molecule has 4 heteroatoms. The van der Waals surface area contributed by atoms with Gasteiger partial charge in [-0.25, -0.2) is 0 Å². The number of hydrogen-bond acceptors (Lipinski definition) is 4. The van der Waals surface area contributed by atoms with Gasteiger partial charge in [-0.2, -0.15) is 0 Å². The Balaban J connectivity index is 1.47. The van der Waals surface area contributed by atoms with Gasteiger partial charge in [0, 0.05) is 19.1 Å². The molecule has 2 atom stereocenters. The molecular weight excluding hydrogens is 252 g/mol. The van der Waals surface area contributed by atoms with Crippen LogP contribution in [0.4, 0.5) is 0 Å². The number of carbonyl (C=O) groups is 1. The largest absolute Gasteiger partial charge is 0.460 e. The zero-order valence-electron chi connectivity index (χ0n) is 11.8. The van der Waals surface area contributed by atoms with E-state index in [2.05, 4.69) is 10.2 Å². The van der Waals surface area contributed by atoms with E-state index in [1.165, 1.54) is 12.8 Å². The number of ether oxygens (including phenoxy) is 1. The van der Waals surface area contributed by atoms with Crippen LogP contribution in [-0.4, -0.2) is 43.1 Å². The van der Waals surface area contributed by atoms with Gasteiger partial charge in [0.05, 0.1) is 6.54 Å². The van der Waals surface area contributed by atoms with Crippen LogP contribution in [0.15, 0.2) is 30.3 Å². The summed E-state index contributed by atoms with van der Waals surface area (Å²) in [6, 6.07) is 10.4. The minimum atomic E-state index is -0.116. The Hall–Kier alpha value is -1.39. The zero-order chi connectivity index (χ0) is 13.8. The van der Waals surface area contributed by atoms with Crippen molar-refractivity contribution in [2.24, 2.45) is 5.92 Å². The third-order valence-corrected chi connectivity index (χ3v) is 4.21. The number of piperidine rings is 1. The Morgan fingerprint density at radius 3 is 2.85 bits per heavy atom. The molecule has 0 spiro atoms. The van der Waals surface area contributed by atoms with Crippen molar-refractivity contribution in [1.82, 2.24) is 10.2 Å². The number of benzene rings is 1. The van der Waals surface area contributed by atoms with Gasteiger partial charge in [0.25, 0.3) is 0 Å². The predicted octanol–water partition coefficient (Wildman–Crippen LogP) is 1.41. The van der Waals surface area contributed by atoms with Crippen LogP contribution in [0.25, 0.3) is 0 Å². The molecule has 20 heavy (non-hydrogen) atoms. The fourth-order valence-corrected chi connectivity index (χ4v) is 3.13. The van der Waals surface area contributed by atoms with E-state index >= 15 is 0 Å². The van der Waals surface area contributed by atoms with Crippen LogP contribution in [0, 0.1) is 5.92 Å². The van der Waals surface area contributed by atoms with Crippen molar-refractivity contribution < 1.29 is 9.53 Å². The summed E-state index contributed by atoms with van der Waals surface area (Å²) in [5.74, 6) is 0.575. The van der Waals surface area contributed by atoms with E-state index < -0.39 is 0 Å². The summed E-state index contributed by atoms with van der Waals surface area (Å²) in [5, 5.41) is 3.55. The van der Waals surface area contributed by atoms with Gasteiger partial charge >= 0.3 is 5.97 Å². The molecule has 0 saturated carbocycles. The maximum absolute atomic E-state index is 11.9. The van der Waals surface area contributed by atoms with Gasteiger partial charge in [0.15, 0.2) is 0 Å². The minimum absolute atomic E-state index is 0.116. The SMILES string of the molecule is O=C(CN1C[C@@H]2CC[C@H](C1)NC2)OCc1ccccc1. The predicted molar refractivity (Wildman–Crippen MR) is 77.2 cm³/mol. The molecule has 3 aliphatic rings. The Morgan fingerprint density at radius 1 is 1.25 bits per heavy atom. The van der Waals surface area contributed by atoms with Gasteiger partial charge < -0.3 is 10.1 Å². The summed E-state index contributed by atoms with van der Waals surface area (Å²) < 4.78 is 5.36. The zero-order valence-corrected chi connectivity index (χ0v) is 11.8. The van der Waals surface area contributed by atoms with Crippen LogP contribution in [0.2, 0.25) is 0 Å². The highest BCUT2D eigenvalue weighted by Gasteiger charge is 2.29. The van der Waals surface area contributed by atoms with Gasteiger partial charge in [-0.15, -0.1) is 0 Å². The van der Waals surface area contributed by atoms with Crippen LogP contribution in [0.1, 0.15) is 18.4 Å². The number of hydrogen-bond donors (Lipinski definition) is 1. The molecule has 0 radical (unpaired) electrons. The van der Waals surface area contributed by atoms with E-state index in [0.29, 0.717) is 25.1 Å². The topological polar surface area (TPSA) is 41.6 Å². The van der Waals surface area contributed by atoms with Crippen molar-refractivity contribution in [2.75, 3.05) is 26.2 Å². The molecular formula is C16H22N2O2. The molecule has 0 aliphatic carbocycles. The number of rotatable bonds is 4. The lowest BCUT2D eigenvalue weighted by molar-refractivity contribution is -0.146. The number of carbonyl (C=O) groups excluding carboxylic acids is 1. The molecule has 0 amide bonds. The van der Waals surface area contributed by atoms with E-state index in [0.717, 1.165) is 25.2 Å². The van der Waals surface area contributed by atoms with Crippen LogP contribution in [0.3, 0.4) is 0 Å². The molecule has 3 saturated heterocycles. The molecule has 4 rings (SSSR count). The maximum atomic E-state index is 11.9. The number of esters is 1. The molecule has 3 fully saturated rings. The molecule has 108 valence electrons. The average molecular weight is 274 g/mol. The Morgan fingerprint density at radius 2 is 2.10 bits per heavy atom. The molecule has 0 aromatic heterocycles. The van der Waals surface area contributed by atoms with Crippen molar-refractivity contribution in [1.29, 1.82) is 0 Å². The van der Waals surface area contributed by atoms with Gasteiger partial charge in [-0.3, -0.25) is 9.69 Å². The average Bonchev–Trinajstić information content (AvgIpc) is 2.78. The van der Waals surface area contributed by atoms with Gasteiger partial charge in [0.2, 0.25) is 0 Å². The molecule has 1 N–H and O–H groups in total. The summed E-state index contributed by atoms with van der Waals surface area (Å²) in [4.78, 5) is 14.2. The first-order chi connectivity index (χ1) is 9.79. The third kappa shape index (κ3) is 3.58. The van der Waals surface area contributed by atoms with Crippen molar-refractivity contribution in [3.05, 3.63) is 35.9 Å². The first-order valence-corrected chi connectivity index (χ1v) is 7.45. The molecule has 3 aliphatic heterocycles. The van der Waals surface area contributed by atoms with Gasteiger partial charge in [0.1, 0.15) is 6.61 Å². The molecule has 3 heterocycles. The molecule has 4 nitrogen and oxygen atoms in total. The molecule has 1 aromatic carbocycles. The Kier molecular flexibility index (Phi) is 4.33. The van der Waals surface area contributed by atoms with Crippen LogP contribution in [-0.2, 0) is 16.1 Å². The van der Waals surface area contributed by atoms with E-state index in [9.17, 15) is 4.79 Å². The van der Waals surface area contributed by atoms with Crippen LogP contribution < -0.4 is 5.32 Å². The van der Waals surface area contributed by atoms with Crippen LogP contribution in [0.5, 0.6) is 0 Å². The lowest BCUT2D eigenvalue weighted by Gasteiger charge is -2.23. The fourth-order valence-electron chi connectivity index (χ4n) is 3.13. The van der Waals surface area contributed by atoms with Crippen molar-refractivity contribution in [3.63, 3.8) is 0 Å². The standard InChI is InChI=1S/C16H22N2O2/c19-16(20-12-13-4-2-1-3-5-13)11-18-9-14-6-7-15(10-18)17-8-14/h1-5,14-15,17H,6-12H2/t14-,15-/m1/s1. The maximum Gasteiger partial charge on any atom is 0.320 e. The van der Waals surface area contributed by atoms with Crippen molar-refractivity contribution >= 4 is 5.97 Å². The summed E-state index contributed by atoms with van der Waals surface area (Å²) in [6.45, 7) is 3.88. The summed E-state index contributed by atoms with van der Waals surface area (Å²) in [6.07, 6.45) is 2.52. The van der Waals surface area contributed by atoms with Crippen molar-refractivity contribution in [3.8, 4) is 0 Å². The Bertz CT molecular complexity index is 427. The van der Waals surface area contributed by atoms with Crippen molar-refractivity contribution in [2.45, 2.75) is 25.5 Å². The number of nitrogens with zero attached hydrogens (tertiary/aromatic N) is 1. The summed E-state index contributed by atoms with van der Waals surface area (Å²) in [7, 11) is 0. The van der Waals surface area contributed by atoms with E-state index in [1.54, 1.807) is 0 Å². The second-order valence-electron chi connectivity index (χ2n) is 5.89. The summed E-state index contributed by atoms with van der Waals surface area (Å²) >= 11 is 0. The monoisotopic (exact) mass is 274 g/mol. The second-order valence-corrected chi connectivity index (χ2v) is 5.89. The van der Waals surface area contributed by atoms with Gasteiger partial charge in [-0.05, 0) is 30.9 Å².